The van der Waals surface area contributed by atoms with E-state index in [0.717, 1.165) is 6.07 Å². The van der Waals surface area contributed by atoms with Crippen LogP contribution in [0.5, 0.6) is 0 Å². The fourth-order valence-electron chi connectivity index (χ4n) is 0.728. The minimum atomic E-state index is -2.79. The van der Waals surface area contributed by atoms with E-state index in [2.05, 4.69) is 4.98 Å². The van der Waals surface area contributed by atoms with E-state index in [0.29, 0.717) is 0 Å². The lowest BCUT2D eigenvalue weighted by atomic mass is 10.2. The second kappa shape index (κ2) is 3.00. The van der Waals surface area contributed by atoms with E-state index in [9.17, 15) is 13.2 Å². The molecule has 2 N–H and O–H groups in total. The van der Waals surface area contributed by atoms with Crippen molar-refractivity contribution in [2.75, 3.05) is 5.73 Å². The van der Waals surface area contributed by atoms with Gasteiger partial charge in [0.25, 0.3) is 6.43 Å². The number of alkyl halides is 2. The molecule has 0 aromatic carbocycles. The van der Waals surface area contributed by atoms with Crippen LogP contribution in [-0.2, 0) is 0 Å². The summed E-state index contributed by atoms with van der Waals surface area (Å²) >= 11 is 0. The molecule has 12 heavy (non-hydrogen) atoms. The van der Waals surface area contributed by atoms with Gasteiger partial charge in [-0.15, -0.1) is 0 Å². The van der Waals surface area contributed by atoms with Gasteiger partial charge in [0.15, 0.2) is 0 Å². The molecule has 0 atom stereocenters. The van der Waals surface area contributed by atoms with Crippen molar-refractivity contribution in [2.24, 2.45) is 0 Å². The van der Waals surface area contributed by atoms with E-state index >= 15 is 0 Å². The largest absolute Gasteiger partial charge is 0.398 e. The van der Waals surface area contributed by atoms with Crippen molar-refractivity contribution in [3.63, 3.8) is 0 Å². The van der Waals surface area contributed by atoms with Gasteiger partial charge in [0.2, 0.25) is 5.95 Å². The fraction of sp³-hybridized carbons (Fsp3) is 0.286. The van der Waals surface area contributed by atoms with Crippen molar-refractivity contribution in [1.29, 1.82) is 0 Å². The molecule has 0 aliphatic heterocycles. The number of hydrogen-bond donors (Lipinski definition) is 1. The highest BCUT2D eigenvalue weighted by molar-refractivity contribution is 5.46. The Balaban J connectivity index is 3.21. The molecule has 1 rings (SSSR count). The van der Waals surface area contributed by atoms with Crippen molar-refractivity contribution in [3.8, 4) is 0 Å². The van der Waals surface area contributed by atoms with Crippen LogP contribution >= 0.6 is 0 Å². The van der Waals surface area contributed by atoms with E-state index in [-0.39, 0.29) is 11.3 Å². The van der Waals surface area contributed by atoms with Gasteiger partial charge in [0, 0.05) is 11.3 Å². The first-order chi connectivity index (χ1) is 5.52. The molecule has 0 aliphatic carbocycles. The molecule has 5 heteroatoms. The molecule has 0 saturated carbocycles. The van der Waals surface area contributed by atoms with Gasteiger partial charge in [0.1, 0.15) is 5.69 Å². The molecule has 0 fully saturated rings. The number of halogens is 3. The molecule has 0 bridgehead atoms. The number of nitrogens with two attached hydrogens (primary N) is 1. The van der Waals surface area contributed by atoms with Crippen LogP contribution in [0, 0.1) is 12.9 Å². The molecular formula is C7H7F3N2. The summed E-state index contributed by atoms with van der Waals surface area (Å²) in [7, 11) is 0. The third-order valence-corrected chi connectivity index (χ3v) is 1.50. The minimum Gasteiger partial charge on any atom is -0.398 e. The summed E-state index contributed by atoms with van der Waals surface area (Å²) in [6, 6.07) is 0.975. The van der Waals surface area contributed by atoms with Crippen molar-refractivity contribution < 1.29 is 13.2 Å². The Morgan fingerprint density at radius 1 is 1.50 bits per heavy atom. The fourth-order valence-corrected chi connectivity index (χ4v) is 0.728. The van der Waals surface area contributed by atoms with Crippen LogP contribution in [0.1, 0.15) is 17.7 Å². The molecule has 0 aliphatic rings. The van der Waals surface area contributed by atoms with E-state index in [1.54, 1.807) is 0 Å². The summed E-state index contributed by atoms with van der Waals surface area (Å²) in [6.07, 6.45) is -2.79. The Kier molecular flexibility index (Phi) is 2.21. The summed E-state index contributed by atoms with van der Waals surface area (Å²) < 4.78 is 36.6. The van der Waals surface area contributed by atoms with Crippen LogP contribution in [0.3, 0.4) is 0 Å². The zero-order chi connectivity index (χ0) is 9.30. The van der Waals surface area contributed by atoms with Crippen molar-refractivity contribution in [2.45, 2.75) is 13.3 Å². The van der Waals surface area contributed by atoms with Gasteiger partial charge in [0.05, 0.1) is 0 Å². The monoisotopic (exact) mass is 176 g/mol. The maximum absolute atomic E-state index is 12.7. The van der Waals surface area contributed by atoms with Crippen LogP contribution in [0.15, 0.2) is 6.07 Å². The summed E-state index contributed by atoms with van der Waals surface area (Å²) in [6.45, 7) is 1.38. The van der Waals surface area contributed by atoms with Crippen molar-refractivity contribution in [1.82, 2.24) is 4.98 Å². The van der Waals surface area contributed by atoms with Gasteiger partial charge in [-0.2, -0.15) is 4.39 Å². The summed E-state index contributed by atoms with van der Waals surface area (Å²) in [5, 5.41) is 0. The molecule has 66 valence electrons. The number of nitrogens with zero attached hydrogens (tertiary/aromatic N) is 1. The summed E-state index contributed by atoms with van der Waals surface area (Å²) in [5.74, 6) is -0.940. The molecule has 0 saturated heterocycles. The zero-order valence-electron chi connectivity index (χ0n) is 6.31. The average Bonchev–Trinajstić information content (AvgIpc) is 1.99. The van der Waals surface area contributed by atoms with Gasteiger partial charge in [-0.3, -0.25) is 0 Å². The van der Waals surface area contributed by atoms with Crippen LogP contribution in [-0.4, -0.2) is 4.98 Å². The number of aromatic nitrogens is 1. The van der Waals surface area contributed by atoms with Crippen LogP contribution in [0.2, 0.25) is 0 Å². The second-order valence-electron chi connectivity index (χ2n) is 2.35. The highest BCUT2D eigenvalue weighted by Gasteiger charge is 2.13. The Hall–Kier alpha value is -1.26. The summed E-state index contributed by atoms with van der Waals surface area (Å²) in [5.41, 5.74) is 4.71. The van der Waals surface area contributed by atoms with E-state index in [1.165, 1.54) is 6.92 Å². The van der Waals surface area contributed by atoms with Gasteiger partial charge < -0.3 is 5.73 Å². The highest BCUT2D eigenvalue weighted by atomic mass is 19.3. The van der Waals surface area contributed by atoms with Crippen LogP contribution in [0.4, 0.5) is 18.9 Å². The average molecular weight is 176 g/mol. The van der Waals surface area contributed by atoms with E-state index < -0.39 is 18.1 Å². The van der Waals surface area contributed by atoms with Gasteiger partial charge in [-0.1, -0.05) is 0 Å². The first-order valence-corrected chi connectivity index (χ1v) is 3.23. The zero-order valence-corrected chi connectivity index (χ0v) is 6.31. The molecule has 0 amide bonds. The topological polar surface area (TPSA) is 38.9 Å². The number of rotatable bonds is 1. The third kappa shape index (κ3) is 1.49. The van der Waals surface area contributed by atoms with Crippen molar-refractivity contribution in [3.05, 3.63) is 23.3 Å². The second-order valence-corrected chi connectivity index (χ2v) is 2.35. The predicted octanol–water partition coefficient (Wildman–Crippen LogP) is 2.05. The van der Waals surface area contributed by atoms with Gasteiger partial charge in [-0.05, 0) is 13.0 Å². The quantitative estimate of drug-likeness (QED) is 0.665. The first-order valence-electron chi connectivity index (χ1n) is 3.23. The third-order valence-electron chi connectivity index (χ3n) is 1.50. The lowest BCUT2D eigenvalue weighted by Crippen LogP contribution is -2.01. The molecule has 1 heterocycles. The van der Waals surface area contributed by atoms with Gasteiger partial charge in [-0.25, -0.2) is 13.8 Å². The smallest absolute Gasteiger partial charge is 0.280 e. The standard InChI is InChI=1S/C7H7F3N2/c1-3-4(11)2-5(6(8)9)12-7(3)10/h2,6H,1H3,(H2,11,12). The molecule has 0 radical (unpaired) electrons. The lowest BCUT2D eigenvalue weighted by Gasteiger charge is -2.03. The Labute approximate surface area is 67.2 Å². The molecule has 0 spiro atoms. The normalized spacial score (nSPS) is 10.8. The Morgan fingerprint density at radius 2 is 2.08 bits per heavy atom. The van der Waals surface area contributed by atoms with Crippen molar-refractivity contribution >= 4 is 5.69 Å². The number of nitrogen functional groups attached to an aromatic ring is 1. The number of hydrogen-bond acceptors (Lipinski definition) is 2. The highest BCUT2D eigenvalue weighted by Crippen LogP contribution is 2.21. The molecular weight excluding hydrogens is 169 g/mol. The van der Waals surface area contributed by atoms with Crippen LogP contribution in [0.25, 0.3) is 0 Å². The maximum Gasteiger partial charge on any atom is 0.280 e. The van der Waals surface area contributed by atoms with Crippen LogP contribution < -0.4 is 5.73 Å². The first kappa shape index (κ1) is 8.83. The summed E-state index contributed by atoms with van der Waals surface area (Å²) in [4.78, 5) is 3.04. The van der Waals surface area contributed by atoms with E-state index in [1.807, 2.05) is 0 Å². The molecule has 0 unspecified atom stereocenters. The lowest BCUT2D eigenvalue weighted by molar-refractivity contribution is 0.145. The molecule has 1 aromatic rings. The Bertz CT molecular complexity index is 276. The Morgan fingerprint density at radius 3 is 2.50 bits per heavy atom. The molecule has 2 nitrogen and oxygen atoms in total. The maximum atomic E-state index is 12.7. The van der Waals surface area contributed by atoms with E-state index in [4.69, 9.17) is 5.73 Å². The predicted molar refractivity (Wildman–Crippen MR) is 38.3 cm³/mol. The van der Waals surface area contributed by atoms with Gasteiger partial charge >= 0.3 is 0 Å². The molecule has 1 aromatic heterocycles. The number of anilines is 1. The SMILES string of the molecule is Cc1c(N)cc(C(F)F)nc1F. The number of pyridine rings is 1. The minimum absolute atomic E-state index is 0.00204.